The fourth-order valence-corrected chi connectivity index (χ4v) is 2.17. The van der Waals surface area contributed by atoms with Gasteiger partial charge < -0.3 is 17.0 Å². The molecule has 2 rings (SSSR count). The molecule has 2 heterocycles. The summed E-state index contributed by atoms with van der Waals surface area (Å²) in [4.78, 5) is 11.6. The maximum absolute atomic E-state index is 11.6. The summed E-state index contributed by atoms with van der Waals surface area (Å²) in [6.07, 6.45) is 5.10. The van der Waals surface area contributed by atoms with Crippen LogP contribution in [-0.2, 0) is 17.8 Å². The number of tetrazole rings is 1. The molecule has 2 aromatic heterocycles. The third kappa shape index (κ3) is 5.93. The monoisotopic (exact) mass is 343 g/mol. The molecule has 19 heavy (non-hydrogen) atoms. The molecule has 102 valence electrons. The van der Waals surface area contributed by atoms with Crippen LogP contribution in [0.1, 0.15) is 12.2 Å². The molecule has 0 saturated heterocycles. The van der Waals surface area contributed by atoms with Gasteiger partial charge in [0.25, 0.3) is 0 Å². The summed E-state index contributed by atoms with van der Waals surface area (Å²) in [6, 6.07) is 5.86. The topological polar surface area (TPSA) is 75.4 Å². The Balaban J connectivity index is 0.00000180. The van der Waals surface area contributed by atoms with Crippen LogP contribution in [0.15, 0.2) is 30.6 Å². The van der Waals surface area contributed by atoms with E-state index in [-0.39, 0.29) is 22.1 Å². The maximum atomic E-state index is 11.6. The van der Waals surface area contributed by atoms with Gasteiger partial charge in [0.1, 0.15) is 0 Å². The highest BCUT2D eigenvalue weighted by Gasteiger charge is 2.07. The molecule has 0 radical (unpaired) electrons. The molecule has 0 saturated carbocycles. The lowest BCUT2D eigenvalue weighted by atomic mass is 10.4. The van der Waals surface area contributed by atoms with Gasteiger partial charge in [-0.05, 0) is 0 Å². The molecule has 1 N–H and O–H groups in total. The van der Waals surface area contributed by atoms with Gasteiger partial charge in [-0.1, -0.05) is 23.0 Å². The van der Waals surface area contributed by atoms with Crippen LogP contribution in [0.3, 0.4) is 0 Å². The lowest BCUT2D eigenvalue weighted by molar-refractivity contribution is -0.695. The molecule has 0 bridgehead atoms. The molecule has 0 aliphatic rings. The molecule has 8 heteroatoms. The first kappa shape index (κ1) is 15.8. The van der Waals surface area contributed by atoms with Gasteiger partial charge in [-0.25, -0.2) is 4.57 Å². The van der Waals surface area contributed by atoms with Crippen LogP contribution < -0.4 is 21.5 Å². The van der Waals surface area contributed by atoms with Gasteiger partial charge in [-0.3, -0.25) is 4.79 Å². The van der Waals surface area contributed by atoms with Crippen LogP contribution in [0.2, 0.25) is 0 Å². The first-order valence-electron chi connectivity index (χ1n) is 5.66. The average molecular weight is 344 g/mol. The Bertz CT molecular complexity index is 479. The molecular weight excluding hydrogens is 330 g/mol. The van der Waals surface area contributed by atoms with Gasteiger partial charge in [0.05, 0.1) is 6.42 Å². The molecule has 2 aromatic rings. The summed E-state index contributed by atoms with van der Waals surface area (Å²) in [5.74, 6) is 1.34. The molecular formula is C11H14BrN5OS. The van der Waals surface area contributed by atoms with E-state index in [2.05, 4.69) is 20.6 Å². The van der Waals surface area contributed by atoms with Crippen LogP contribution in [0.4, 0.5) is 0 Å². The minimum atomic E-state index is 0. The molecule has 0 amide bonds. The third-order valence-electron chi connectivity index (χ3n) is 2.33. The van der Waals surface area contributed by atoms with Crippen molar-refractivity contribution in [3.8, 4) is 0 Å². The smallest absolute Gasteiger partial charge is 0.195 e. The number of hydrogen-bond donors (Lipinski definition) is 1. The number of pyridine rings is 1. The molecule has 0 fully saturated rings. The van der Waals surface area contributed by atoms with Crippen LogP contribution in [0, 0.1) is 0 Å². The Morgan fingerprint density at radius 1 is 1.32 bits per heavy atom. The fraction of sp³-hybridized carbons (Fsp3) is 0.364. The highest BCUT2D eigenvalue weighted by Crippen LogP contribution is 2.07. The lowest BCUT2D eigenvalue weighted by Crippen LogP contribution is -3.00. The van der Waals surface area contributed by atoms with Crippen LogP contribution >= 0.6 is 11.8 Å². The first-order valence-corrected chi connectivity index (χ1v) is 6.65. The van der Waals surface area contributed by atoms with Crippen molar-refractivity contribution in [2.75, 3.05) is 5.75 Å². The first-order chi connectivity index (χ1) is 8.84. The Morgan fingerprint density at radius 3 is 2.79 bits per heavy atom. The number of aromatic nitrogens is 5. The van der Waals surface area contributed by atoms with E-state index >= 15 is 0 Å². The summed E-state index contributed by atoms with van der Waals surface area (Å²) in [5, 5.41) is 13.7. The van der Waals surface area contributed by atoms with E-state index in [1.54, 1.807) is 0 Å². The standard InChI is InChI=1S/C11H14N5OS.BrH/c17-11(4-8-16-6-2-1-3-7-16)18-9-5-10-12-14-15-13-10;/h1-3,6-7H,4-5,8-9H2,(H,12,13,14,15);1H/q+1;/p-1. The van der Waals surface area contributed by atoms with Crippen molar-refractivity contribution in [2.24, 2.45) is 0 Å². The summed E-state index contributed by atoms with van der Waals surface area (Å²) >= 11 is 1.32. The minimum Gasteiger partial charge on any atom is -1.00 e. The van der Waals surface area contributed by atoms with E-state index < -0.39 is 0 Å². The molecule has 0 aliphatic carbocycles. The van der Waals surface area contributed by atoms with Crippen LogP contribution in [0.25, 0.3) is 0 Å². The van der Waals surface area contributed by atoms with Gasteiger partial charge in [0, 0.05) is 24.3 Å². The molecule has 0 aromatic carbocycles. The number of rotatable bonds is 6. The Morgan fingerprint density at radius 2 is 2.11 bits per heavy atom. The van der Waals surface area contributed by atoms with E-state index in [1.807, 2.05) is 35.2 Å². The second-order valence-corrected chi connectivity index (χ2v) is 4.81. The Labute approximate surface area is 125 Å². The van der Waals surface area contributed by atoms with Crippen molar-refractivity contribution in [3.05, 3.63) is 36.4 Å². The Hall–Kier alpha value is -1.28. The number of nitrogens with one attached hydrogen (secondary N) is 1. The van der Waals surface area contributed by atoms with Gasteiger partial charge in [0.15, 0.2) is 29.9 Å². The van der Waals surface area contributed by atoms with Crippen molar-refractivity contribution >= 4 is 16.9 Å². The quantitative estimate of drug-likeness (QED) is 0.581. The van der Waals surface area contributed by atoms with Crippen molar-refractivity contribution < 1.29 is 26.3 Å². The van der Waals surface area contributed by atoms with Crippen molar-refractivity contribution in [1.82, 2.24) is 20.6 Å². The summed E-state index contributed by atoms with van der Waals surface area (Å²) in [7, 11) is 0. The van der Waals surface area contributed by atoms with Crippen molar-refractivity contribution in [1.29, 1.82) is 0 Å². The maximum Gasteiger partial charge on any atom is 0.195 e. The van der Waals surface area contributed by atoms with Gasteiger partial charge in [-0.2, -0.15) is 5.21 Å². The molecule has 0 atom stereocenters. The normalized spacial score (nSPS) is 9.89. The summed E-state index contributed by atoms with van der Waals surface area (Å²) in [6.45, 7) is 0.717. The number of hydrogen-bond acceptors (Lipinski definition) is 5. The van der Waals surface area contributed by atoms with E-state index in [9.17, 15) is 4.79 Å². The largest absolute Gasteiger partial charge is 1.00 e. The van der Waals surface area contributed by atoms with Crippen molar-refractivity contribution in [3.63, 3.8) is 0 Å². The van der Waals surface area contributed by atoms with Crippen molar-refractivity contribution in [2.45, 2.75) is 19.4 Å². The SMILES string of the molecule is O=C(CC[n+]1ccccc1)SCCc1nn[nH]n1.[Br-]. The highest BCUT2D eigenvalue weighted by molar-refractivity contribution is 8.13. The predicted molar refractivity (Wildman–Crippen MR) is 66.6 cm³/mol. The van der Waals surface area contributed by atoms with Crippen LogP contribution in [-0.4, -0.2) is 31.5 Å². The molecule has 0 spiro atoms. The number of nitrogens with zero attached hydrogens (tertiary/aromatic N) is 4. The second kappa shape index (κ2) is 8.76. The van der Waals surface area contributed by atoms with Gasteiger partial charge in [0.2, 0.25) is 0 Å². The number of carbonyl (C=O) groups excluding carboxylic acids is 1. The molecule has 6 nitrogen and oxygen atoms in total. The van der Waals surface area contributed by atoms with Crippen LogP contribution in [0.5, 0.6) is 0 Å². The van der Waals surface area contributed by atoms with E-state index in [4.69, 9.17) is 0 Å². The van der Waals surface area contributed by atoms with E-state index in [1.165, 1.54) is 11.8 Å². The summed E-state index contributed by atoms with van der Waals surface area (Å²) in [5.41, 5.74) is 0. The number of aromatic amines is 1. The highest BCUT2D eigenvalue weighted by atomic mass is 79.9. The fourth-order valence-electron chi connectivity index (χ4n) is 1.42. The lowest BCUT2D eigenvalue weighted by Gasteiger charge is -1.97. The zero-order chi connectivity index (χ0) is 12.6. The zero-order valence-electron chi connectivity index (χ0n) is 10.2. The second-order valence-electron chi connectivity index (χ2n) is 3.66. The number of H-pyrrole nitrogens is 1. The zero-order valence-corrected chi connectivity index (χ0v) is 12.6. The molecule has 0 aliphatic heterocycles. The average Bonchev–Trinajstić information content (AvgIpc) is 2.91. The summed E-state index contributed by atoms with van der Waals surface area (Å²) < 4.78 is 2.00. The number of thioether (sulfide) groups is 1. The molecule has 0 unspecified atom stereocenters. The van der Waals surface area contributed by atoms with E-state index in [0.29, 0.717) is 24.4 Å². The number of carbonyl (C=O) groups is 1. The van der Waals surface area contributed by atoms with Gasteiger partial charge >= 0.3 is 0 Å². The van der Waals surface area contributed by atoms with Gasteiger partial charge in [-0.15, -0.1) is 10.2 Å². The van der Waals surface area contributed by atoms with E-state index in [0.717, 1.165) is 6.54 Å². The number of aryl methyl sites for hydroxylation is 2. The Kier molecular flexibility index (Phi) is 7.27. The predicted octanol–water partition coefficient (Wildman–Crippen LogP) is -2.62. The minimum absolute atomic E-state index is 0. The number of halogens is 1. The third-order valence-corrected chi connectivity index (χ3v) is 3.26.